The summed E-state index contributed by atoms with van der Waals surface area (Å²) in [5.74, 6) is 0. The second kappa shape index (κ2) is 3.98. The van der Waals surface area contributed by atoms with Crippen LogP contribution in [-0.2, 0) is 4.57 Å². The molecule has 10 heteroatoms. The van der Waals surface area contributed by atoms with E-state index >= 15 is 0 Å². The van der Waals surface area contributed by atoms with E-state index in [1.165, 1.54) is 0 Å². The fourth-order valence-corrected chi connectivity index (χ4v) is 2.59. The Balaban J connectivity index is 3.24. The first-order valence-corrected chi connectivity index (χ1v) is 5.84. The molecule has 1 fully saturated rings. The third-order valence-electron chi connectivity index (χ3n) is 2.68. The van der Waals surface area contributed by atoms with Crippen LogP contribution in [0, 0.1) is 0 Å². The topological polar surface area (TPSA) is 179 Å². The van der Waals surface area contributed by atoms with E-state index in [4.69, 9.17) is 25.1 Å². The molecule has 1 rings (SSSR count). The van der Waals surface area contributed by atoms with Crippen molar-refractivity contribution in [3.05, 3.63) is 0 Å². The van der Waals surface area contributed by atoms with E-state index in [-0.39, 0.29) is 0 Å². The minimum Gasteiger partial charge on any atom is -0.387 e. The first-order valence-electron chi connectivity index (χ1n) is 4.23. The number of hydrogen-bond acceptors (Lipinski definition) is 7. The Morgan fingerprint density at radius 1 is 0.812 bits per heavy atom. The molecule has 0 aromatic carbocycles. The van der Waals surface area contributed by atoms with Gasteiger partial charge in [-0.05, 0) is 0 Å². The highest BCUT2D eigenvalue weighted by atomic mass is 31.2. The molecule has 4 unspecified atom stereocenters. The van der Waals surface area contributed by atoms with Crippen molar-refractivity contribution in [1.82, 2.24) is 0 Å². The lowest BCUT2D eigenvalue weighted by atomic mass is 9.84. The molecule has 0 aliphatic heterocycles. The van der Waals surface area contributed by atoms with Gasteiger partial charge < -0.3 is 40.4 Å². The second-order valence-corrected chi connectivity index (χ2v) is 5.49. The van der Waals surface area contributed by atoms with Crippen molar-refractivity contribution >= 4 is 7.60 Å². The molecule has 16 heavy (non-hydrogen) atoms. The van der Waals surface area contributed by atoms with Crippen molar-refractivity contribution in [2.24, 2.45) is 0 Å². The van der Waals surface area contributed by atoms with Crippen LogP contribution in [0.15, 0.2) is 0 Å². The average Bonchev–Trinajstić information content (AvgIpc) is 2.19. The van der Waals surface area contributed by atoms with Crippen LogP contribution in [0.1, 0.15) is 0 Å². The molecular formula is C6H13O9P. The van der Waals surface area contributed by atoms with E-state index in [9.17, 15) is 19.9 Å². The van der Waals surface area contributed by atoms with Gasteiger partial charge in [-0.3, -0.25) is 4.57 Å². The molecule has 1 saturated carbocycles. The molecular weight excluding hydrogens is 247 g/mol. The molecule has 0 saturated heterocycles. The predicted molar refractivity (Wildman–Crippen MR) is 47.0 cm³/mol. The smallest absolute Gasteiger partial charge is 0.362 e. The molecule has 0 aromatic rings. The Bertz CT molecular complexity index is 297. The van der Waals surface area contributed by atoms with Gasteiger partial charge in [0.05, 0.1) is 0 Å². The quantitative estimate of drug-likeness (QED) is 0.216. The van der Waals surface area contributed by atoms with Crippen molar-refractivity contribution < 1.29 is 45.0 Å². The van der Waals surface area contributed by atoms with E-state index in [1.807, 2.05) is 0 Å². The average molecular weight is 260 g/mol. The zero-order chi connectivity index (χ0) is 12.9. The van der Waals surface area contributed by atoms with Crippen LogP contribution in [0.4, 0.5) is 0 Å². The minimum absolute atomic E-state index is 2.03. The van der Waals surface area contributed by atoms with Crippen LogP contribution in [0.5, 0.6) is 0 Å². The van der Waals surface area contributed by atoms with Gasteiger partial charge in [0.1, 0.15) is 30.5 Å². The Hall–Kier alpha value is -0.0900. The summed E-state index contributed by atoms with van der Waals surface area (Å²) in [5, 5.41) is 52.0. The standard InChI is InChI=1S/C6H13O9P/c7-1-2(8)4(10)6(12,16(13,14)15)5(11)3(1)9/h1-5,7-12H,(H2,13,14,15). The van der Waals surface area contributed by atoms with Crippen molar-refractivity contribution in [3.63, 3.8) is 0 Å². The summed E-state index contributed by atoms with van der Waals surface area (Å²) in [7, 11) is -5.44. The molecule has 0 spiro atoms. The maximum atomic E-state index is 10.9. The van der Waals surface area contributed by atoms with Gasteiger partial charge in [0.2, 0.25) is 5.34 Å². The Labute approximate surface area is 89.4 Å². The predicted octanol–water partition coefficient (Wildman–Crippen LogP) is -4.33. The lowest BCUT2D eigenvalue weighted by Crippen LogP contribution is -2.70. The highest BCUT2D eigenvalue weighted by Gasteiger charge is 2.66. The van der Waals surface area contributed by atoms with Gasteiger partial charge in [-0.1, -0.05) is 0 Å². The van der Waals surface area contributed by atoms with Crippen molar-refractivity contribution in [2.75, 3.05) is 0 Å². The number of aliphatic hydroxyl groups is 6. The van der Waals surface area contributed by atoms with Gasteiger partial charge >= 0.3 is 7.60 Å². The summed E-state index contributed by atoms with van der Waals surface area (Å²) in [6, 6.07) is 0. The molecule has 4 atom stereocenters. The van der Waals surface area contributed by atoms with E-state index < -0.39 is 43.5 Å². The fourth-order valence-electron chi connectivity index (χ4n) is 1.60. The molecule has 8 N–H and O–H groups in total. The van der Waals surface area contributed by atoms with Gasteiger partial charge in [0, 0.05) is 0 Å². The van der Waals surface area contributed by atoms with Crippen LogP contribution < -0.4 is 0 Å². The monoisotopic (exact) mass is 260 g/mol. The van der Waals surface area contributed by atoms with Crippen LogP contribution in [0.2, 0.25) is 0 Å². The van der Waals surface area contributed by atoms with Crippen LogP contribution >= 0.6 is 7.60 Å². The number of rotatable bonds is 1. The zero-order valence-corrected chi connectivity index (χ0v) is 8.71. The van der Waals surface area contributed by atoms with E-state index in [2.05, 4.69) is 0 Å². The Kier molecular flexibility index (Phi) is 3.48. The molecule has 0 bridgehead atoms. The normalized spacial score (nSPS) is 50.4. The van der Waals surface area contributed by atoms with Crippen molar-refractivity contribution in [2.45, 2.75) is 35.9 Å². The van der Waals surface area contributed by atoms with E-state index in [0.717, 1.165) is 0 Å². The van der Waals surface area contributed by atoms with Crippen LogP contribution in [0.3, 0.4) is 0 Å². The van der Waals surface area contributed by atoms with Gasteiger partial charge in [0.15, 0.2) is 0 Å². The molecule has 0 heterocycles. The third kappa shape index (κ3) is 1.70. The molecule has 1 aliphatic carbocycles. The van der Waals surface area contributed by atoms with Crippen LogP contribution in [-0.4, -0.2) is 76.3 Å². The zero-order valence-electron chi connectivity index (χ0n) is 7.82. The van der Waals surface area contributed by atoms with Gasteiger partial charge in [-0.15, -0.1) is 0 Å². The third-order valence-corrected chi connectivity index (χ3v) is 4.15. The van der Waals surface area contributed by atoms with Crippen LogP contribution in [0.25, 0.3) is 0 Å². The molecule has 0 aromatic heterocycles. The SMILES string of the molecule is O=P(O)(O)C1(O)C(O)C(O)C(O)C(O)C1O. The van der Waals surface area contributed by atoms with Gasteiger partial charge in [0.25, 0.3) is 0 Å². The van der Waals surface area contributed by atoms with Gasteiger partial charge in [-0.2, -0.15) is 0 Å². The number of aliphatic hydroxyl groups excluding tert-OH is 5. The fraction of sp³-hybridized carbons (Fsp3) is 1.00. The first-order chi connectivity index (χ1) is 7.05. The molecule has 9 nitrogen and oxygen atoms in total. The molecule has 96 valence electrons. The summed E-state index contributed by atoms with van der Waals surface area (Å²) in [6.45, 7) is 0. The van der Waals surface area contributed by atoms with Crippen molar-refractivity contribution in [1.29, 1.82) is 0 Å². The molecule has 1 aliphatic rings. The lowest BCUT2D eigenvalue weighted by molar-refractivity contribution is -0.243. The molecule has 0 radical (unpaired) electrons. The maximum absolute atomic E-state index is 10.9. The maximum Gasteiger partial charge on any atom is 0.362 e. The minimum atomic E-state index is -5.44. The highest BCUT2D eigenvalue weighted by molar-refractivity contribution is 7.53. The van der Waals surface area contributed by atoms with Crippen molar-refractivity contribution in [3.8, 4) is 0 Å². The lowest BCUT2D eigenvalue weighted by Gasteiger charge is -2.47. The Morgan fingerprint density at radius 3 is 1.38 bits per heavy atom. The van der Waals surface area contributed by atoms with E-state index in [1.54, 1.807) is 0 Å². The first kappa shape index (κ1) is 14.0. The highest BCUT2D eigenvalue weighted by Crippen LogP contribution is 2.55. The van der Waals surface area contributed by atoms with Gasteiger partial charge in [-0.25, -0.2) is 0 Å². The second-order valence-electron chi connectivity index (χ2n) is 3.69. The summed E-state index contributed by atoms with van der Waals surface area (Å²) >= 11 is 0. The summed E-state index contributed by atoms with van der Waals surface area (Å²) in [4.78, 5) is 17.6. The van der Waals surface area contributed by atoms with E-state index in [0.29, 0.717) is 0 Å². The number of hydrogen-bond donors (Lipinski definition) is 8. The Morgan fingerprint density at radius 2 is 1.12 bits per heavy atom. The summed E-state index contributed by atoms with van der Waals surface area (Å²) in [5.41, 5.74) is 0. The molecule has 0 amide bonds. The summed E-state index contributed by atoms with van der Waals surface area (Å²) in [6.07, 6.45) is -11.4. The largest absolute Gasteiger partial charge is 0.387 e. The summed E-state index contributed by atoms with van der Waals surface area (Å²) < 4.78 is 10.9.